The first-order chi connectivity index (χ1) is 9.17. The van der Waals surface area contributed by atoms with E-state index in [1.165, 1.54) is 12.8 Å². The molecule has 2 N–H and O–H groups in total. The fourth-order valence-electron chi connectivity index (χ4n) is 3.10. The Morgan fingerprint density at radius 2 is 2.21 bits per heavy atom. The van der Waals surface area contributed by atoms with Crippen LogP contribution in [0.2, 0.25) is 0 Å². The molecule has 0 bridgehead atoms. The summed E-state index contributed by atoms with van der Waals surface area (Å²) in [6.45, 7) is 4.90. The van der Waals surface area contributed by atoms with Crippen LogP contribution < -0.4 is 5.73 Å². The quantitative estimate of drug-likeness (QED) is 0.916. The molecule has 1 fully saturated rings. The van der Waals surface area contributed by atoms with Gasteiger partial charge in [-0.05, 0) is 72.0 Å². The molecule has 0 amide bonds. The molecule has 1 aliphatic heterocycles. The number of halogens is 2. The first kappa shape index (κ1) is 14.9. The van der Waals surface area contributed by atoms with Gasteiger partial charge in [-0.3, -0.25) is 4.90 Å². The number of hydrogen-bond donors (Lipinski definition) is 1. The van der Waals surface area contributed by atoms with Crippen molar-refractivity contribution in [2.45, 2.75) is 32.2 Å². The zero-order chi connectivity index (χ0) is 13.8. The summed E-state index contributed by atoms with van der Waals surface area (Å²) in [6, 6.07) is 5.73. The van der Waals surface area contributed by atoms with Crippen LogP contribution >= 0.6 is 15.9 Å². The van der Waals surface area contributed by atoms with Gasteiger partial charge < -0.3 is 5.73 Å². The van der Waals surface area contributed by atoms with Crippen molar-refractivity contribution in [1.29, 1.82) is 0 Å². The number of benzene rings is 1. The first-order valence-corrected chi connectivity index (χ1v) is 7.85. The number of rotatable bonds is 3. The van der Waals surface area contributed by atoms with Gasteiger partial charge in [0, 0.05) is 6.04 Å². The van der Waals surface area contributed by atoms with Gasteiger partial charge in [0.05, 0.1) is 4.47 Å². The van der Waals surface area contributed by atoms with Gasteiger partial charge in [-0.15, -0.1) is 0 Å². The molecule has 1 aromatic rings. The van der Waals surface area contributed by atoms with Crippen molar-refractivity contribution in [2.24, 2.45) is 11.7 Å². The molecule has 0 aromatic heterocycles. The third kappa shape index (κ3) is 3.36. The Balaban J connectivity index is 2.36. The molecule has 2 atom stereocenters. The standard InChI is InChI=1S/C15H22BrFN2/c1-2-19-8-4-3-5-12(10-18)15(19)11-6-7-13(16)14(17)9-11/h6-7,9,12,15H,2-5,8,10,18H2,1H3. The lowest BCUT2D eigenvalue weighted by Gasteiger charge is -2.34. The molecule has 1 aromatic carbocycles. The lowest BCUT2D eigenvalue weighted by Crippen LogP contribution is -2.35. The van der Waals surface area contributed by atoms with Crippen molar-refractivity contribution >= 4 is 15.9 Å². The SMILES string of the molecule is CCN1CCCCC(CN)C1c1ccc(Br)c(F)c1. The van der Waals surface area contributed by atoms with Crippen LogP contribution in [0.1, 0.15) is 37.8 Å². The molecule has 2 rings (SSSR count). The predicted molar refractivity (Wildman–Crippen MR) is 80.5 cm³/mol. The van der Waals surface area contributed by atoms with Crippen LogP contribution in [-0.4, -0.2) is 24.5 Å². The highest BCUT2D eigenvalue weighted by Gasteiger charge is 2.29. The van der Waals surface area contributed by atoms with Gasteiger partial charge in [-0.1, -0.05) is 19.4 Å². The van der Waals surface area contributed by atoms with Crippen molar-refractivity contribution in [1.82, 2.24) is 4.90 Å². The molecule has 1 heterocycles. The maximum Gasteiger partial charge on any atom is 0.137 e. The van der Waals surface area contributed by atoms with Gasteiger partial charge in [-0.25, -0.2) is 4.39 Å². The summed E-state index contributed by atoms with van der Waals surface area (Å²) in [5, 5.41) is 0. The van der Waals surface area contributed by atoms with Crippen LogP contribution in [-0.2, 0) is 0 Å². The highest BCUT2D eigenvalue weighted by atomic mass is 79.9. The van der Waals surface area contributed by atoms with Crippen LogP contribution in [0, 0.1) is 11.7 Å². The highest BCUT2D eigenvalue weighted by molar-refractivity contribution is 9.10. The van der Waals surface area contributed by atoms with Gasteiger partial charge >= 0.3 is 0 Å². The molecule has 0 aliphatic carbocycles. The maximum atomic E-state index is 13.8. The average Bonchev–Trinajstić information content (AvgIpc) is 2.63. The lowest BCUT2D eigenvalue weighted by molar-refractivity contribution is 0.166. The minimum atomic E-state index is -0.187. The van der Waals surface area contributed by atoms with E-state index >= 15 is 0 Å². The van der Waals surface area contributed by atoms with Gasteiger partial charge in [-0.2, -0.15) is 0 Å². The molecule has 1 saturated heterocycles. The predicted octanol–water partition coefficient (Wildman–Crippen LogP) is 3.71. The van der Waals surface area contributed by atoms with Crippen molar-refractivity contribution < 1.29 is 4.39 Å². The van der Waals surface area contributed by atoms with Crippen LogP contribution in [0.15, 0.2) is 22.7 Å². The van der Waals surface area contributed by atoms with Crippen LogP contribution in [0.25, 0.3) is 0 Å². The maximum absolute atomic E-state index is 13.8. The van der Waals surface area contributed by atoms with E-state index in [9.17, 15) is 4.39 Å². The largest absolute Gasteiger partial charge is 0.330 e. The summed E-state index contributed by atoms with van der Waals surface area (Å²) < 4.78 is 14.3. The lowest BCUT2D eigenvalue weighted by atomic mass is 9.89. The Morgan fingerprint density at radius 1 is 1.42 bits per heavy atom. The summed E-state index contributed by atoms with van der Waals surface area (Å²) in [6.07, 6.45) is 3.56. The Labute approximate surface area is 123 Å². The Morgan fingerprint density at radius 3 is 2.84 bits per heavy atom. The molecule has 2 nitrogen and oxygen atoms in total. The number of nitrogens with zero attached hydrogens (tertiary/aromatic N) is 1. The van der Waals surface area contributed by atoms with Crippen molar-refractivity contribution in [3.8, 4) is 0 Å². The Hall–Kier alpha value is -0.450. The summed E-state index contributed by atoms with van der Waals surface area (Å²) in [7, 11) is 0. The van der Waals surface area contributed by atoms with Crippen molar-refractivity contribution in [3.05, 3.63) is 34.1 Å². The van der Waals surface area contributed by atoms with E-state index in [0.717, 1.165) is 25.1 Å². The fourth-order valence-corrected chi connectivity index (χ4v) is 3.34. The van der Waals surface area contributed by atoms with Crippen LogP contribution in [0.5, 0.6) is 0 Å². The molecule has 1 aliphatic rings. The number of likely N-dealkylation sites (tertiary alicyclic amines) is 1. The van der Waals surface area contributed by atoms with E-state index in [1.807, 2.05) is 6.07 Å². The van der Waals surface area contributed by atoms with Gasteiger partial charge in [0.25, 0.3) is 0 Å². The summed E-state index contributed by atoms with van der Waals surface area (Å²) in [5.74, 6) is 0.233. The van der Waals surface area contributed by atoms with Crippen molar-refractivity contribution in [2.75, 3.05) is 19.6 Å². The van der Waals surface area contributed by atoms with Gasteiger partial charge in [0.1, 0.15) is 5.82 Å². The second-order valence-electron chi connectivity index (χ2n) is 5.24. The van der Waals surface area contributed by atoms with Crippen LogP contribution in [0.3, 0.4) is 0 Å². The molecule has 0 saturated carbocycles. The second-order valence-corrected chi connectivity index (χ2v) is 6.09. The first-order valence-electron chi connectivity index (χ1n) is 7.06. The van der Waals surface area contributed by atoms with Gasteiger partial charge in [0.15, 0.2) is 0 Å². The molecule has 19 heavy (non-hydrogen) atoms. The smallest absolute Gasteiger partial charge is 0.137 e. The zero-order valence-corrected chi connectivity index (χ0v) is 13.0. The summed E-state index contributed by atoms with van der Waals surface area (Å²) >= 11 is 3.22. The minimum absolute atomic E-state index is 0.187. The van der Waals surface area contributed by atoms with Gasteiger partial charge in [0.2, 0.25) is 0 Å². The Kier molecular flexibility index (Phi) is 5.37. The summed E-state index contributed by atoms with van der Waals surface area (Å²) in [4.78, 5) is 2.44. The van der Waals surface area contributed by atoms with E-state index in [4.69, 9.17) is 5.73 Å². The average molecular weight is 329 g/mol. The molecular weight excluding hydrogens is 307 g/mol. The van der Waals surface area contributed by atoms with Crippen molar-refractivity contribution in [3.63, 3.8) is 0 Å². The molecule has 106 valence electrons. The number of hydrogen-bond acceptors (Lipinski definition) is 2. The molecule has 2 unspecified atom stereocenters. The van der Waals surface area contributed by atoms with E-state index in [2.05, 4.69) is 27.8 Å². The minimum Gasteiger partial charge on any atom is -0.330 e. The Bertz CT molecular complexity index is 411. The molecular formula is C15H22BrFN2. The normalized spacial score (nSPS) is 25.3. The van der Waals surface area contributed by atoms with E-state index in [0.29, 0.717) is 16.9 Å². The zero-order valence-electron chi connectivity index (χ0n) is 11.4. The second kappa shape index (κ2) is 6.82. The highest BCUT2D eigenvalue weighted by Crippen LogP contribution is 2.35. The fraction of sp³-hybridized carbons (Fsp3) is 0.600. The summed E-state index contributed by atoms with van der Waals surface area (Å²) in [5.41, 5.74) is 7.01. The number of nitrogens with two attached hydrogens (primary N) is 1. The topological polar surface area (TPSA) is 29.3 Å². The van der Waals surface area contributed by atoms with E-state index in [-0.39, 0.29) is 11.9 Å². The van der Waals surface area contributed by atoms with E-state index in [1.54, 1.807) is 12.1 Å². The molecule has 0 spiro atoms. The molecule has 4 heteroatoms. The third-order valence-corrected chi connectivity index (χ3v) is 4.75. The van der Waals surface area contributed by atoms with E-state index < -0.39 is 0 Å². The van der Waals surface area contributed by atoms with Crippen LogP contribution in [0.4, 0.5) is 4.39 Å². The molecule has 0 radical (unpaired) electrons. The monoisotopic (exact) mass is 328 g/mol. The third-order valence-electron chi connectivity index (χ3n) is 4.10.